The van der Waals surface area contributed by atoms with Gasteiger partial charge < -0.3 is 9.64 Å². The van der Waals surface area contributed by atoms with Crippen molar-refractivity contribution < 1.29 is 9.53 Å². The third-order valence-electron chi connectivity index (χ3n) is 9.95. The van der Waals surface area contributed by atoms with Crippen molar-refractivity contribution >= 4 is 27.6 Å². The van der Waals surface area contributed by atoms with Gasteiger partial charge in [-0.25, -0.2) is 0 Å². The number of hydrogen-bond donors (Lipinski definition) is 0. The highest BCUT2D eigenvalue weighted by Gasteiger charge is 2.64. The lowest BCUT2D eigenvalue weighted by Gasteiger charge is -2.65. The topological polar surface area (TPSA) is 29.5 Å². The van der Waals surface area contributed by atoms with Gasteiger partial charge in [0.1, 0.15) is 11.9 Å². The Hall–Kier alpha value is -0.870. The fourth-order valence-corrected chi connectivity index (χ4v) is 8.94. The Morgan fingerprint density at radius 1 is 1.10 bits per heavy atom. The molecule has 3 saturated carbocycles. The molecule has 1 heterocycles. The van der Waals surface area contributed by atoms with Gasteiger partial charge in [0, 0.05) is 18.4 Å². The van der Waals surface area contributed by atoms with Gasteiger partial charge in [-0.3, -0.25) is 4.79 Å². The van der Waals surface area contributed by atoms with Crippen molar-refractivity contribution in [3.63, 3.8) is 0 Å². The number of carbonyl (C=O) groups is 1. The molecule has 0 aromatic heterocycles. The Bertz CT molecular complexity index is 846. The van der Waals surface area contributed by atoms with E-state index in [1.807, 2.05) is 36.2 Å². The van der Waals surface area contributed by atoms with Gasteiger partial charge >= 0.3 is 0 Å². The number of piperidine rings is 1. The summed E-state index contributed by atoms with van der Waals surface area (Å²) in [5.74, 6) is 3.77. The highest BCUT2D eigenvalue weighted by atomic mass is 35.7. The maximum atomic E-state index is 12.8. The number of amides is 1. The number of likely N-dealkylation sites (tertiary alicyclic amines) is 1. The lowest BCUT2D eigenvalue weighted by atomic mass is 9.44. The molecule has 3 aliphatic carbocycles. The minimum Gasteiger partial charge on any atom is -0.488 e. The third-order valence-corrected chi connectivity index (χ3v) is 10.9. The molecule has 1 aromatic rings. The molecule has 5 heteroatoms. The first-order valence-corrected chi connectivity index (χ1v) is 13.7. The van der Waals surface area contributed by atoms with Crippen molar-refractivity contribution in [2.24, 2.45) is 34.5 Å². The largest absolute Gasteiger partial charge is 0.488 e. The molecule has 4 aliphatic rings. The average molecular weight is 462 g/mol. The van der Waals surface area contributed by atoms with Gasteiger partial charge in [0.05, 0.1) is 6.04 Å². The van der Waals surface area contributed by atoms with Crippen LogP contribution < -0.4 is 4.74 Å². The average Bonchev–Trinajstić information content (AvgIpc) is 3.16. The standard InChI is InChI=1S/C26H36ClNO2S/c1-16-22-19-6-5-13-25(19,2)14-11-20(22)26(3)15-12-21(29)28(4)24(26)23(16)30-17-7-9-18(31-27)10-8-17/h7-10,16,19-20,22-24H,5-6,11-15H2,1-4H3/t16?,19-,20+,22-,23?,24?,25-,26+/m0/s1. The molecule has 4 fully saturated rings. The summed E-state index contributed by atoms with van der Waals surface area (Å²) < 4.78 is 6.80. The van der Waals surface area contributed by atoms with E-state index in [4.69, 9.17) is 15.4 Å². The number of hydrogen-bond acceptors (Lipinski definition) is 3. The highest BCUT2D eigenvalue weighted by Crippen LogP contribution is 2.66. The number of rotatable bonds is 3. The summed E-state index contributed by atoms with van der Waals surface area (Å²) in [7, 11) is 9.16. The SMILES string of the molecule is CC1C(Oc2ccc(SCl)cc2)C2N(C)C(=O)CC[C@]2(C)[C@@H]2CC[C@]3(C)CCC[C@H]3[C@H]12. The van der Waals surface area contributed by atoms with E-state index in [0.717, 1.165) is 23.0 Å². The van der Waals surface area contributed by atoms with Crippen LogP contribution in [0.2, 0.25) is 0 Å². The van der Waals surface area contributed by atoms with Gasteiger partial charge in [0.15, 0.2) is 0 Å². The molecule has 0 radical (unpaired) electrons. The van der Waals surface area contributed by atoms with Crippen molar-refractivity contribution in [3.8, 4) is 5.75 Å². The summed E-state index contributed by atoms with van der Waals surface area (Å²) >= 11 is 0. The smallest absolute Gasteiger partial charge is 0.222 e. The van der Waals surface area contributed by atoms with Crippen LogP contribution in [0.25, 0.3) is 0 Å². The third kappa shape index (κ3) is 3.34. The van der Waals surface area contributed by atoms with Crippen LogP contribution in [0.1, 0.15) is 65.7 Å². The zero-order valence-electron chi connectivity index (χ0n) is 19.3. The molecule has 0 bridgehead atoms. The molecule has 8 atom stereocenters. The molecule has 0 N–H and O–H groups in total. The number of nitrogens with zero attached hydrogens (tertiary/aromatic N) is 1. The highest BCUT2D eigenvalue weighted by molar-refractivity contribution is 8.21. The minimum atomic E-state index is 0.0259. The van der Waals surface area contributed by atoms with Crippen LogP contribution in [-0.2, 0) is 4.79 Å². The van der Waals surface area contributed by atoms with Crippen molar-refractivity contribution in [1.82, 2.24) is 4.90 Å². The molecule has 3 unspecified atom stereocenters. The zero-order valence-corrected chi connectivity index (χ0v) is 20.8. The molecule has 1 aromatic carbocycles. The first-order chi connectivity index (χ1) is 14.8. The fourth-order valence-electron chi connectivity index (χ4n) is 8.39. The first-order valence-electron chi connectivity index (χ1n) is 12.1. The second-order valence-corrected chi connectivity index (χ2v) is 12.4. The van der Waals surface area contributed by atoms with Gasteiger partial charge in [0.2, 0.25) is 5.91 Å². The van der Waals surface area contributed by atoms with Gasteiger partial charge in [0.25, 0.3) is 0 Å². The van der Waals surface area contributed by atoms with E-state index < -0.39 is 0 Å². The Morgan fingerprint density at radius 3 is 2.55 bits per heavy atom. The first kappa shape index (κ1) is 21.9. The maximum Gasteiger partial charge on any atom is 0.222 e. The van der Waals surface area contributed by atoms with Crippen LogP contribution in [0.15, 0.2) is 29.2 Å². The van der Waals surface area contributed by atoms with E-state index in [-0.39, 0.29) is 23.5 Å². The summed E-state index contributed by atoms with van der Waals surface area (Å²) in [5.41, 5.74) is 0.624. The minimum absolute atomic E-state index is 0.0259. The van der Waals surface area contributed by atoms with Crippen molar-refractivity contribution in [2.45, 2.75) is 82.8 Å². The van der Waals surface area contributed by atoms with E-state index in [9.17, 15) is 4.79 Å². The predicted molar refractivity (Wildman–Crippen MR) is 127 cm³/mol. The van der Waals surface area contributed by atoms with Crippen LogP contribution in [0, 0.1) is 34.5 Å². The lowest BCUT2D eigenvalue weighted by molar-refractivity contribution is -0.191. The summed E-state index contributed by atoms with van der Waals surface area (Å²) in [6.07, 6.45) is 8.50. The van der Waals surface area contributed by atoms with Crippen LogP contribution in [0.4, 0.5) is 0 Å². The Labute approximate surface area is 196 Å². The quantitative estimate of drug-likeness (QED) is 0.496. The molecular formula is C26H36ClNO2S. The van der Waals surface area contributed by atoms with Crippen LogP contribution in [0.5, 0.6) is 5.75 Å². The number of benzene rings is 1. The van der Waals surface area contributed by atoms with E-state index in [1.165, 1.54) is 43.1 Å². The maximum absolute atomic E-state index is 12.8. The van der Waals surface area contributed by atoms with Crippen molar-refractivity contribution in [2.75, 3.05) is 7.05 Å². The Morgan fingerprint density at radius 2 is 1.84 bits per heavy atom. The second kappa shape index (κ2) is 7.87. The van der Waals surface area contributed by atoms with E-state index in [2.05, 4.69) is 20.8 Å². The number of ether oxygens (including phenoxy) is 1. The normalized spacial score (nSPS) is 44.4. The molecule has 3 nitrogen and oxygen atoms in total. The summed E-state index contributed by atoms with van der Waals surface area (Å²) in [5, 5.41) is 0. The molecule has 170 valence electrons. The van der Waals surface area contributed by atoms with E-state index in [0.29, 0.717) is 29.6 Å². The van der Waals surface area contributed by atoms with Crippen LogP contribution in [-0.4, -0.2) is 30.0 Å². The molecule has 1 saturated heterocycles. The molecular weight excluding hydrogens is 426 g/mol. The summed E-state index contributed by atoms with van der Waals surface area (Å²) in [4.78, 5) is 15.9. The van der Waals surface area contributed by atoms with Crippen LogP contribution in [0.3, 0.4) is 0 Å². The molecule has 31 heavy (non-hydrogen) atoms. The van der Waals surface area contributed by atoms with Crippen molar-refractivity contribution in [1.29, 1.82) is 0 Å². The van der Waals surface area contributed by atoms with E-state index in [1.54, 1.807) is 0 Å². The summed E-state index contributed by atoms with van der Waals surface area (Å²) in [6, 6.07) is 8.25. The van der Waals surface area contributed by atoms with Crippen molar-refractivity contribution in [3.05, 3.63) is 24.3 Å². The molecule has 0 spiro atoms. The summed E-state index contributed by atoms with van der Waals surface area (Å²) in [6.45, 7) is 7.45. The Kier molecular flexibility index (Phi) is 5.57. The molecule has 5 rings (SSSR count). The number of likely N-dealkylation sites (N-methyl/N-ethyl adjacent to an activating group) is 1. The number of carbonyl (C=O) groups excluding carboxylic acids is 1. The predicted octanol–water partition coefficient (Wildman–Crippen LogP) is 6.79. The molecule has 1 amide bonds. The monoisotopic (exact) mass is 461 g/mol. The van der Waals surface area contributed by atoms with Gasteiger partial charge in [-0.15, -0.1) is 0 Å². The number of fused-ring (bicyclic) bond motifs is 5. The number of halogens is 1. The van der Waals surface area contributed by atoms with Crippen LogP contribution >= 0.6 is 21.7 Å². The fraction of sp³-hybridized carbons (Fsp3) is 0.731. The van der Waals surface area contributed by atoms with Gasteiger partial charge in [-0.1, -0.05) is 27.2 Å². The zero-order chi connectivity index (χ0) is 22.0. The van der Waals surface area contributed by atoms with Gasteiger partial charge in [-0.2, -0.15) is 0 Å². The van der Waals surface area contributed by atoms with Gasteiger partial charge in [-0.05, 0) is 113 Å². The Balaban J connectivity index is 1.55. The van der Waals surface area contributed by atoms with E-state index >= 15 is 0 Å². The second-order valence-electron chi connectivity index (χ2n) is 11.3. The lowest BCUT2D eigenvalue weighted by Crippen LogP contribution is -2.69. The molecule has 1 aliphatic heterocycles.